The smallest absolute Gasteiger partial charge is 0.0777 e. The zero-order chi connectivity index (χ0) is 22.5. The van der Waals surface area contributed by atoms with Crippen molar-refractivity contribution in [3.8, 4) is 0 Å². The number of allylic oxidation sites excluding steroid dienone is 10. The van der Waals surface area contributed by atoms with Gasteiger partial charge < -0.3 is 10.6 Å². The Morgan fingerprint density at radius 3 is 2.65 bits per heavy atom. The highest BCUT2D eigenvalue weighted by Crippen LogP contribution is 2.48. The van der Waals surface area contributed by atoms with Crippen LogP contribution in [0.5, 0.6) is 0 Å². The van der Waals surface area contributed by atoms with Crippen molar-refractivity contribution in [1.82, 2.24) is 10.6 Å². The summed E-state index contributed by atoms with van der Waals surface area (Å²) < 4.78 is 0. The average molecular weight is 439 g/mol. The normalized spacial score (nSPS) is 25.6. The van der Waals surface area contributed by atoms with E-state index in [1.54, 1.807) is 0 Å². The molecule has 2 heterocycles. The zero-order valence-corrected chi connectivity index (χ0v) is 18.9. The first-order valence-electron chi connectivity index (χ1n) is 12.1. The standard InChI is InChI=1S/C32H26N2/c1-3-10-26-22(6-1)12-14-28-30(25-9-5-8-24(20-25)21-16-18-33-19-17-21)29-15-13-23-7-2-4-11-27(23)32(29)34-31(26)28/h1-18,20,22,26,32-34H,19H2. The molecular formula is C32H26N2. The van der Waals surface area contributed by atoms with Crippen LogP contribution in [0.4, 0.5) is 0 Å². The van der Waals surface area contributed by atoms with Gasteiger partial charge in [-0.05, 0) is 57.3 Å². The fourth-order valence-corrected chi connectivity index (χ4v) is 5.87. The van der Waals surface area contributed by atoms with Crippen LogP contribution in [0.1, 0.15) is 28.3 Å². The summed E-state index contributed by atoms with van der Waals surface area (Å²) in [5, 5.41) is 7.25. The second kappa shape index (κ2) is 7.78. The molecule has 3 unspecified atom stereocenters. The number of dihydropyridines is 2. The summed E-state index contributed by atoms with van der Waals surface area (Å²) in [6.07, 6.45) is 24.8. The van der Waals surface area contributed by atoms with Crippen molar-refractivity contribution in [2.75, 3.05) is 6.54 Å². The van der Waals surface area contributed by atoms with E-state index in [2.05, 4.69) is 120 Å². The van der Waals surface area contributed by atoms with E-state index < -0.39 is 0 Å². The molecule has 3 aliphatic carbocycles. The van der Waals surface area contributed by atoms with Gasteiger partial charge >= 0.3 is 0 Å². The van der Waals surface area contributed by atoms with Gasteiger partial charge in [0.1, 0.15) is 0 Å². The molecule has 2 aromatic rings. The van der Waals surface area contributed by atoms with E-state index in [-0.39, 0.29) is 6.04 Å². The van der Waals surface area contributed by atoms with Gasteiger partial charge in [-0.25, -0.2) is 0 Å². The van der Waals surface area contributed by atoms with E-state index in [0.29, 0.717) is 11.8 Å². The van der Waals surface area contributed by atoms with Gasteiger partial charge in [-0.15, -0.1) is 0 Å². The third kappa shape index (κ3) is 3.03. The topological polar surface area (TPSA) is 24.1 Å². The quantitative estimate of drug-likeness (QED) is 0.560. The Hall–Kier alpha value is -4.04. The number of hydrogen-bond donors (Lipinski definition) is 2. The Kier molecular flexibility index (Phi) is 4.44. The van der Waals surface area contributed by atoms with Crippen molar-refractivity contribution in [2.24, 2.45) is 11.8 Å². The second-order valence-corrected chi connectivity index (χ2v) is 9.41. The van der Waals surface area contributed by atoms with E-state index in [1.165, 1.54) is 50.2 Å². The summed E-state index contributed by atoms with van der Waals surface area (Å²) >= 11 is 0. The van der Waals surface area contributed by atoms with Crippen LogP contribution in [0, 0.1) is 11.8 Å². The number of fused-ring (bicyclic) bond motifs is 5. The first-order valence-corrected chi connectivity index (χ1v) is 12.1. The van der Waals surface area contributed by atoms with Crippen LogP contribution in [0.2, 0.25) is 0 Å². The van der Waals surface area contributed by atoms with E-state index >= 15 is 0 Å². The molecule has 2 N–H and O–H groups in total. The summed E-state index contributed by atoms with van der Waals surface area (Å²) in [6, 6.07) is 18.0. The Labute approximate surface area is 200 Å². The van der Waals surface area contributed by atoms with Crippen molar-refractivity contribution in [2.45, 2.75) is 6.04 Å². The highest BCUT2D eigenvalue weighted by atomic mass is 15.0. The molecule has 0 fully saturated rings. The van der Waals surface area contributed by atoms with Gasteiger partial charge in [0.25, 0.3) is 0 Å². The second-order valence-electron chi connectivity index (χ2n) is 9.41. The molecule has 34 heavy (non-hydrogen) atoms. The molecule has 5 aliphatic rings. The van der Waals surface area contributed by atoms with Crippen LogP contribution < -0.4 is 10.6 Å². The summed E-state index contributed by atoms with van der Waals surface area (Å²) in [4.78, 5) is 0. The molecular weight excluding hydrogens is 412 g/mol. The lowest BCUT2D eigenvalue weighted by Gasteiger charge is -2.41. The van der Waals surface area contributed by atoms with Gasteiger partial charge in [-0.1, -0.05) is 97.1 Å². The third-order valence-corrected chi connectivity index (χ3v) is 7.51. The van der Waals surface area contributed by atoms with E-state index in [0.717, 1.165) is 6.54 Å². The summed E-state index contributed by atoms with van der Waals surface area (Å²) in [5.74, 6) is 0.752. The molecule has 0 bridgehead atoms. The molecule has 0 spiro atoms. The maximum Gasteiger partial charge on any atom is 0.0777 e. The van der Waals surface area contributed by atoms with Crippen molar-refractivity contribution in [3.63, 3.8) is 0 Å². The molecule has 164 valence electrons. The van der Waals surface area contributed by atoms with Crippen LogP contribution in [0.3, 0.4) is 0 Å². The van der Waals surface area contributed by atoms with Crippen molar-refractivity contribution in [1.29, 1.82) is 0 Å². The molecule has 0 aromatic heterocycles. The number of rotatable bonds is 2. The van der Waals surface area contributed by atoms with Crippen LogP contribution in [0.15, 0.2) is 126 Å². The van der Waals surface area contributed by atoms with E-state index in [1.807, 2.05) is 6.20 Å². The van der Waals surface area contributed by atoms with Crippen molar-refractivity contribution < 1.29 is 0 Å². The predicted octanol–water partition coefficient (Wildman–Crippen LogP) is 6.49. The molecule has 2 aliphatic heterocycles. The molecule has 2 aromatic carbocycles. The van der Waals surface area contributed by atoms with Crippen molar-refractivity contribution >= 4 is 17.2 Å². The fourth-order valence-electron chi connectivity index (χ4n) is 5.87. The Balaban J connectivity index is 1.44. The molecule has 0 radical (unpaired) electrons. The Bertz CT molecular complexity index is 1440. The lowest BCUT2D eigenvalue weighted by atomic mass is 9.72. The van der Waals surface area contributed by atoms with Crippen LogP contribution >= 0.6 is 0 Å². The molecule has 0 saturated heterocycles. The predicted molar refractivity (Wildman–Crippen MR) is 141 cm³/mol. The summed E-state index contributed by atoms with van der Waals surface area (Å²) in [6.45, 7) is 0.872. The lowest BCUT2D eigenvalue weighted by Crippen LogP contribution is -2.36. The third-order valence-electron chi connectivity index (χ3n) is 7.51. The molecule has 3 atom stereocenters. The van der Waals surface area contributed by atoms with Gasteiger partial charge in [0.15, 0.2) is 0 Å². The van der Waals surface area contributed by atoms with Gasteiger partial charge in [0, 0.05) is 29.7 Å². The van der Waals surface area contributed by atoms with Gasteiger partial charge in [0.05, 0.1) is 6.04 Å². The first-order chi connectivity index (χ1) is 16.9. The molecule has 2 heteroatoms. The monoisotopic (exact) mass is 438 g/mol. The molecule has 0 amide bonds. The number of benzene rings is 2. The maximum atomic E-state index is 3.99. The fraction of sp³-hybridized carbons (Fsp3) is 0.125. The molecule has 0 saturated carbocycles. The average Bonchev–Trinajstić information content (AvgIpc) is 2.92. The number of hydrogen-bond acceptors (Lipinski definition) is 2. The zero-order valence-electron chi connectivity index (χ0n) is 18.9. The Morgan fingerprint density at radius 1 is 0.794 bits per heavy atom. The largest absolute Gasteiger partial charge is 0.387 e. The minimum Gasteiger partial charge on any atom is -0.387 e. The SMILES string of the molecule is C1=CC2C=CC3=C(NC4C(=C3c3cccc(C5=CCNC=C5)c3)C=Cc3ccccc34)C2C=C1. The maximum absolute atomic E-state index is 3.99. The summed E-state index contributed by atoms with van der Waals surface area (Å²) in [7, 11) is 0. The van der Waals surface area contributed by atoms with E-state index in [4.69, 9.17) is 0 Å². The summed E-state index contributed by atoms with van der Waals surface area (Å²) in [5.41, 5.74) is 11.8. The number of nitrogens with one attached hydrogen (secondary N) is 2. The van der Waals surface area contributed by atoms with Crippen LogP contribution in [-0.4, -0.2) is 6.54 Å². The highest BCUT2D eigenvalue weighted by Gasteiger charge is 2.36. The van der Waals surface area contributed by atoms with Gasteiger partial charge in [-0.3, -0.25) is 0 Å². The minimum atomic E-state index is 0.156. The minimum absolute atomic E-state index is 0.156. The highest BCUT2D eigenvalue weighted by molar-refractivity contribution is 5.92. The van der Waals surface area contributed by atoms with Gasteiger partial charge in [0.2, 0.25) is 0 Å². The van der Waals surface area contributed by atoms with Gasteiger partial charge in [-0.2, -0.15) is 0 Å². The van der Waals surface area contributed by atoms with Crippen LogP contribution in [-0.2, 0) is 0 Å². The van der Waals surface area contributed by atoms with Crippen molar-refractivity contribution in [3.05, 3.63) is 149 Å². The Morgan fingerprint density at radius 2 is 1.71 bits per heavy atom. The van der Waals surface area contributed by atoms with Crippen LogP contribution in [0.25, 0.3) is 17.2 Å². The molecule has 7 rings (SSSR count). The first kappa shape index (κ1) is 19.4. The van der Waals surface area contributed by atoms with E-state index in [9.17, 15) is 0 Å². The molecule has 2 nitrogen and oxygen atoms in total. The lowest BCUT2D eigenvalue weighted by molar-refractivity contribution is 0.529.